The molecule has 1 aliphatic heterocycles. The Bertz CT molecular complexity index is 719. The average Bonchev–Trinajstić information content (AvgIpc) is 2.46. The zero-order valence-corrected chi connectivity index (χ0v) is 11.3. The fourth-order valence-electron chi connectivity index (χ4n) is 2.71. The molecule has 0 amide bonds. The van der Waals surface area contributed by atoms with Gasteiger partial charge in [-0.15, -0.1) is 0 Å². The van der Waals surface area contributed by atoms with E-state index in [0.717, 1.165) is 36.9 Å². The number of benzene rings is 1. The van der Waals surface area contributed by atoms with Crippen molar-refractivity contribution in [3.05, 3.63) is 40.2 Å². The van der Waals surface area contributed by atoms with Crippen molar-refractivity contribution in [2.75, 3.05) is 18.8 Å². The van der Waals surface area contributed by atoms with E-state index >= 15 is 0 Å². The summed E-state index contributed by atoms with van der Waals surface area (Å²) in [6.07, 6.45) is 3.49. The second kappa shape index (κ2) is 5.00. The minimum Gasteiger partial charge on any atom is -0.398 e. The number of aromatic amines is 1. The number of nitrogen functional groups attached to an aromatic ring is 1. The number of likely N-dealkylation sites (tertiary alicyclic amines) is 1. The Morgan fingerprint density at radius 1 is 1.25 bits per heavy atom. The van der Waals surface area contributed by atoms with Gasteiger partial charge in [0.25, 0.3) is 0 Å². The number of nitrogens with zero attached hydrogens (tertiary/aromatic N) is 1. The van der Waals surface area contributed by atoms with Crippen molar-refractivity contribution in [1.29, 1.82) is 5.41 Å². The minimum absolute atomic E-state index is 0. The van der Waals surface area contributed by atoms with Gasteiger partial charge in [-0.25, -0.2) is 0 Å². The maximum absolute atomic E-state index is 11.3. The number of piperidine rings is 1. The number of nitrogens with two attached hydrogens (primary N) is 1. The smallest absolute Gasteiger partial charge is 0.248 e. The van der Waals surface area contributed by atoms with Crippen molar-refractivity contribution in [3.63, 3.8) is 0 Å². The lowest BCUT2D eigenvalue weighted by Crippen LogP contribution is -2.36. The number of aromatic nitrogens is 1. The second-order valence-electron chi connectivity index (χ2n) is 5.25. The first-order chi connectivity index (χ1) is 9.65. The maximum Gasteiger partial charge on any atom is 0.248 e. The molecule has 1 saturated heterocycles. The summed E-state index contributed by atoms with van der Waals surface area (Å²) in [5.41, 5.74) is 7.90. The predicted octanol–water partition coefficient (Wildman–Crippen LogP) is 2.17. The summed E-state index contributed by atoms with van der Waals surface area (Å²) in [6, 6.07) is 6.88. The lowest BCUT2D eigenvalue weighted by atomic mass is 10.0. The molecule has 1 fully saturated rings. The first-order valence-electron chi connectivity index (χ1n) is 6.91. The van der Waals surface area contributed by atoms with E-state index in [4.69, 9.17) is 11.1 Å². The number of nitrogens with one attached hydrogen (secondary N) is 2. The van der Waals surface area contributed by atoms with Gasteiger partial charge in [-0.05, 0) is 42.8 Å². The molecule has 0 atom stereocenters. The number of H-pyrrole nitrogens is 1. The molecule has 1 aliphatic rings. The average molecular weight is 272 g/mol. The van der Waals surface area contributed by atoms with E-state index in [-0.39, 0.29) is 6.99 Å². The quantitative estimate of drug-likeness (QED) is 0.422. The molecule has 106 valence electrons. The SMILES string of the molecule is N=C(c1cc2ccc(=O)[nH]c2cc1N)N1CCCCC1.[HH]. The van der Waals surface area contributed by atoms with Crippen molar-refractivity contribution in [2.45, 2.75) is 19.3 Å². The minimum atomic E-state index is -0.143. The van der Waals surface area contributed by atoms with E-state index in [9.17, 15) is 4.79 Å². The first kappa shape index (κ1) is 12.7. The van der Waals surface area contributed by atoms with Crippen LogP contribution in [0.15, 0.2) is 29.1 Å². The van der Waals surface area contributed by atoms with Gasteiger partial charge in [-0.2, -0.15) is 0 Å². The summed E-state index contributed by atoms with van der Waals surface area (Å²) in [4.78, 5) is 16.1. The van der Waals surface area contributed by atoms with Crippen molar-refractivity contribution < 1.29 is 1.43 Å². The van der Waals surface area contributed by atoms with Crippen LogP contribution in [-0.2, 0) is 0 Å². The number of pyridine rings is 1. The van der Waals surface area contributed by atoms with Crippen LogP contribution in [-0.4, -0.2) is 28.8 Å². The Morgan fingerprint density at radius 2 is 2.00 bits per heavy atom. The van der Waals surface area contributed by atoms with Crippen LogP contribution in [0, 0.1) is 5.41 Å². The van der Waals surface area contributed by atoms with Gasteiger partial charge in [-0.1, -0.05) is 0 Å². The van der Waals surface area contributed by atoms with Crippen molar-refractivity contribution in [2.24, 2.45) is 0 Å². The van der Waals surface area contributed by atoms with Crippen LogP contribution in [0.25, 0.3) is 10.9 Å². The number of anilines is 1. The van der Waals surface area contributed by atoms with Crippen LogP contribution in [0.3, 0.4) is 0 Å². The number of hydrogen-bond donors (Lipinski definition) is 3. The molecule has 0 aliphatic carbocycles. The second-order valence-corrected chi connectivity index (χ2v) is 5.25. The molecular formula is C15H20N4O. The Balaban J connectivity index is 0.00000161. The molecule has 0 spiro atoms. The molecule has 4 N–H and O–H groups in total. The predicted molar refractivity (Wildman–Crippen MR) is 83.3 cm³/mol. The van der Waals surface area contributed by atoms with Crippen LogP contribution >= 0.6 is 0 Å². The third-order valence-corrected chi connectivity index (χ3v) is 3.82. The molecule has 1 aromatic heterocycles. The molecule has 0 bridgehead atoms. The zero-order chi connectivity index (χ0) is 14.1. The Labute approximate surface area is 118 Å². The third-order valence-electron chi connectivity index (χ3n) is 3.82. The van der Waals surface area contributed by atoms with Crippen LogP contribution in [0.2, 0.25) is 0 Å². The van der Waals surface area contributed by atoms with Crippen LogP contribution in [0.4, 0.5) is 5.69 Å². The monoisotopic (exact) mass is 272 g/mol. The molecule has 5 heteroatoms. The van der Waals surface area contributed by atoms with E-state index in [1.807, 2.05) is 6.07 Å². The van der Waals surface area contributed by atoms with E-state index in [0.29, 0.717) is 17.0 Å². The number of rotatable bonds is 1. The van der Waals surface area contributed by atoms with E-state index in [1.165, 1.54) is 12.5 Å². The highest BCUT2D eigenvalue weighted by molar-refractivity contribution is 6.04. The van der Waals surface area contributed by atoms with E-state index in [1.54, 1.807) is 12.1 Å². The highest BCUT2D eigenvalue weighted by Gasteiger charge is 2.17. The third kappa shape index (κ3) is 2.27. The summed E-state index contributed by atoms with van der Waals surface area (Å²) < 4.78 is 0. The number of fused-ring (bicyclic) bond motifs is 1. The lowest BCUT2D eigenvalue weighted by Gasteiger charge is -2.29. The van der Waals surface area contributed by atoms with Gasteiger partial charge in [-0.3, -0.25) is 10.2 Å². The summed E-state index contributed by atoms with van der Waals surface area (Å²) in [6.45, 7) is 1.84. The molecule has 3 rings (SSSR count). The van der Waals surface area contributed by atoms with E-state index < -0.39 is 0 Å². The highest BCUT2D eigenvalue weighted by Crippen LogP contribution is 2.22. The van der Waals surface area contributed by atoms with Gasteiger partial charge in [0.15, 0.2) is 0 Å². The summed E-state index contributed by atoms with van der Waals surface area (Å²) in [5.74, 6) is 0.482. The molecule has 1 aromatic carbocycles. The molecule has 0 unspecified atom stereocenters. The Kier molecular flexibility index (Phi) is 3.18. The van der Waals surface area contributed by atoms with Gasteiger partial charge in [0.1, 0.15) is 5.84 Å². The largest absolute Gasteiger partial charge is 0.398 e. The lowest BCUT2D eigenvalue weighted by molar-refractivity contribution is 0.341. The topological polar surface area (TPSA) is 86.0 Å². The fraction of sp³-hybridized carbons (Fsp3) is 0.333. The van der Waals surface area contributed by atoms with Crippen LogP contribution in [0.5, 0.6) is 0 Å². The van der Waals surface area contributed by atoms with Crippen molar-refractivity contribution >= 4 is 22.4 Å². The van der Waals surface area contributed by atoms with Crippen molar-refractivity contribution in [1.82, 2.24) is 9.88 Å². The Hall–Kier alpha value is -2.30. The maximum atomic E-state index is 11.3. The van der Waals surface area contributed by atoms with Crippen LogP contribution < -0.4 is 11.3 Å². The molecule has 20 heavy (non-hydrogen) atoms. The van der Waals surface area contributed by atoms with Gasteiger partial charge in [0.05, 0.1) is 5.52 Å². The van der Waals surface area contributed by atoms with Crippen molar-refractivity contribution in [3.8, 4) is 0 Å². The van der Waals surface area contributed by atoms with Gasteiger partial charge < -0.3 is 15.6 Å². The zero-order valence-electron chi connectivity index (χ0n) is 11.3. The summed E-state index contributed by atoms with van der Waals surface area (Å²) in [7, 11) is 0. The standard InChI is InChI=1S/C15H18N4O.H2/c16-12-9-13-10(4-5-14(20)18-13)8-11(12)15(17)19-6-2-1-3-7-19;/h4-5,8-9,17H,1-3,6-7,16H2,(H,18,20);1H. The van der Waals surface area contributed by atoms with Gasteiger partial charge >= 0.3 is 0 Å². The molecule has 0 radical (unpaired) electrons. The van der Waals surface area contributed by atoms with Gasteiger partial charge in [0.2, 0.25) is 5.56 Å². The molecule has 2 aromatic rings. The van der Waals surface area contributed by atoms with E-state index in [2.05, 4.69) is 9.88 Å². The number of hydrogen-bond acceptors (Lipinski definition) is 3. The molecular weight excluding hydrogens is 252 g/mol. The summed E-state index contributed by atoms with van der Waals surface area (Å²) >= 11 is 0. The molecule has 5 nitrogen and oxygen atoms in total. The first-order valence-corrected chi connectivity index (χ1v) is 6.91. The van der Waals surface area contributed by atoms with Crippen LogP contribution in [0.1, 0.15) is 26.3 Å². The molecule has 0 saturated carbocycles. The fourth-order valence-corrected chi connectivity index (χ4v) is 2.71. The Morgan fingerprint density at radius 3 is 2.75 bits per heavy atom. The highest BCUT2D eigenvalue weighted by atomic mass is 16.1. The summed E-state index contributed by atoms with van der Waals surface area (Å²) in [5, 5.41) is 9.26. The normalized spacial score (nSPS) is 15.5. The van der Waals surface area contributed by atoms with Gasteiger partial charge in [0, 0.05) is 31.8 Å². The molecule has 2 heterocycles. The number of amidine groups is 1.